The molecule has 0 bridgehead atoms. The van der Waals surface area contributed by atoms with Crippen molar-refractivity contribution >= 4 is 17.9 Å². The summed E-state index contributed by atoms with van der Waals surface area (Å²) < 4.78 is 0. The second-order valence-corrected chi connectivity index (χ2v) is 4.93. The number of hydrogen-bond donors (Lipinski definition) is 4. The molecule has 0 saturated carbocycles. The van der Waals surface area contributed by atoms with Gasteiger partial charge in [0.25, 0.3) is 0 Å². The number of nitrogens with one attached hydrogen (secondary N) is 3. The lowest BCUT2D eigenvalue weighted by atomic mass is 9.96. The van der Waals surface area contributed by atoms with Crippen LogP contribution in [-0.2, 0) is 9.59 Å². The zero-order valence-electron chi connectivity index (χ0n) is 12.4. The molecule has 0 rings (SSSR count). The van der Waals surface area contributed by atoms with Crippen molar-refractivity contribution in [2.24, 2.45) is 11.8 Å². The average molecular weight is 287 g/mol. The summed E-state index contributed by atoms with van der Waals surface area (Å²) >= 11 is 0. The molecule has 1 atom stereocenters. The molecule has 4 N–H and O–H groups in total. The van der Waals surface area contributed by atoms with E-state index in [1.807, 2.05) is 6.92 Å². The minimum Gasteiger partial charge on any atom is -0.481 e. The van der Waals surface area contributed by atoms with Crippen molar-refractivity contribution in [2.75, 3.05) is 19.6 Å². The van der Waals surface area contributed by atoms with Crippen LogP contribution in [0.5, 0.6) is 0 Å². The largest absolute Gasteiger partial charge is 0.481 e. The van der Waals surface area contributed by atoms with Gasteiger partial charge in [-0.05, 0) is 12.3 Å². The standard InChI is InChI=1S/C13H25N3O4/c1-4-6-14-11(17)5-7-15-13(20)16-8-10(9(2)3)12(18)19/h9-10H,4-8H2,1-3H3,(H,14,17)(H,18,19)(H2,15,16,20). The Labute approximate surface area is 119 Å². The Kier molecular flexibility index (Phi) is 9.15. The van der Waals surface area contributed by atoms with Gasteiger partial charge in [0.15, 0.2) is 0 Å². The molecule has 7 nitrogen and oxygen atoms in total. The van der Waals surface area contributed by atoms with Gasteiger partial charge in [0.05, 0.1) is 5.92 Å². The van der Waals surface area contributed by atoms with Crippen LogP contribution in [0.15, 0.2) is 0 Å². The van der Waals surface area contributed by atoms with Crippen molar-refractivity contribution in [3.8, 4) is 0 Å². The van der Waals surface area contributed by atoms with Gasteiger partial charge in [0, 0.05) is 26.1 Å². The molecule has 7 heteroatoms. The van der Waals surface area contributed by atoms with E-state index in [4.69, 9.17) is 5.11 Å². The van der Waals surface area contributed by atoms with Gasteiger partial charge in [-0.1, -0.05) is 20.8 Å². The number of urea groups is 1. The lowest BCUT2D eigenvalue weighted by molar-refractivity contribution is -0.142. The molecule has 0 aromatic rings. The minimum absolute atomic E-state index is 0.0624. The van der Waals surface area contributed by atoms with E-state index in [1.54, 1.807) is 13.8 Å². The molecule has 0 aliphatic carbocycles. The fourth-order valence-electron chi connectivity index (χ4n) is 1.52. The third kappa shape index (κ3) is 8.34. The molecule has 0 radical (unpaired) electrons. The number of carboxylic acids is 1. The zero-order valence-corrected chi connectivity index (χ0v) is 12.4. The van der Waals surface area contributed by atoms with Gasteiger partial charge >= 0.3 is 12.0 Å². The van der Waals surface area contributed by atoms with Gasteiger partial charge in [-0.15, -0.1) is 0 Å². The highest BCUT2D eigenvalue weighted by Crippen LogP contribution is 2.09. The van der Waals surface area contributed by atoms with E-state index in [0.717, 1.165) is 6.42 Å². The topological polar surface area (TPSA) is 108 Å². The lowest BCUT2D eigenvalue weighted by Gasteiger charge is -2.16. The molecule has 0 heterocycles. The normalized spacial score (nSPS) is 11.8. The predicted molar refractivity (Wildman–Crippen MR) is 75.3 cm³/mol. The number of amides is 3. The van der Waals surface area contributed by atoms with Gasteiger partial charge in [0.1, 0.15) is 0 Å². The quantitative estimate of drug-likeness (QED) is 0.497. The van der Waals surface area contributed by atoms with Crippen molar-refractivity contribution in [2.45, 2.75) is 33.6 Å². The van der Waals surface area contributed by atoms with E-state index in [2.05, 4.69) is 16.0 Å². The highest BCUT2D eigenvalue weighted by atomic mass is 16.4. The maximum absolute atomic E-state index is 11.4. The van der Waals surface area contributed by atoms with Crippen molar-refractivity contribution in [3.63, 3.8) is 0 Å². The van der Waals surface area contributed by atoms with Crippen LogP contribution in [0.4, 0.5) is 4.79 Å². The number of carbonyl (C=O) groups excluding carboxylic acids is 2. The molecule has 0 spiro atoms. The van der Waals surface area contributed by atoms with E-state index >= 15 is 0 Å². The Morgan fingerprint density at radius 1 is 1.05 bits per heavy atom. The van der Waals surface area contributed by atoms with Crippen molar-refractivity contribution in [1.29, 1.82) is 0 Å². The van der Waals surface area contributed by atoms with E-state index < -0.39 is 17.9 Å². The Morgan fingerprint density at radius 3 is 2.20 bits per heavy atom. The van der Waals surface area contributed by atoms with Crippen LogP contribution in [-0.4, -0.2) is 42.6 Å². The molecule has 0 aromatic heterocycles. The Hall–Kier alpha value is -1.79. The molecule has 0 aliphatic heterocycles. The summed E-state index contributed by atoms with van der Waals surface area (Å²) in [6, 6.07) is -0.458. The summed E-state index contributed by atoms with van der Waals surface area (Å²) in [5.41, 5.74) is 0. The number of carbonyl (C=O) groups is 3. The first kappa shape index (κ1) is 18.2. The SMILES string of the molecule is CCCNC(=O)CCNC(=O)NCC(C(=O)O)C(C)C. The van der Waals surface area contributed by atoms with E-state index in [-0.39, 0.29) is 31.3 Å². The fourth-order valence-corrected chi connectivity index (χ4v) is 1.52. The molecule has 20 heavy (non-hydrogen) atoms. The number of aliphatic carboxylic acids is 1. The lowest BCUT2D eigenvalue weighted by Crippen LogP contribution is -2.42. The van der Waals surface area contributed by atoms with E-state index in [1.165, 1.54) is 0 Å². The second-order valence-electron chi connectivity index (χ2n) is 4.93. The van der Waals surface area contributed by atoms with Crippen LogP contribution >= 0.6 is 0 Å². The first-order chi connectivity index (χ1) is 9.38. The average Bonchev–Trinajstić information content (AvgIpc) is 2.35. The highest BCUT2D eigenvalue weighted by Gasteiger charge is 2.21. The van der Waals surface area contributed by atoms with Gasteiger partial charge in [-0.25, -0.2) is 4.79 Å². The van der Waals surface area contributed by atoms with Crippen molar-refractivity contribution in [3.05, 3.63) is 0 Å². The van der Waals surface area contributed by atoms with Gasteiger partial charge < -0.3 is 21.1 Å². The van der Waals surface area contributed by atoms with Crippen LogP contribution in [0.3, 0.4) is 0 Å². The number of hydrogen-bond acceptors (Lipinski definition) is 3. The fraction of sp³-hybridized carbons (Fsp3) is 0.769. The van der Waals surface area contributed by atoms with Crippen molar-refractivity contribution in [1.82, 2.24) is 16.0 Å². The number of rotatable bonds is 9. The molecular weight excluding hydrogens is 262 g/mol. The molecule has 3 amide bonds. The Balaban J connectivity index is 3.83. The smallest absolute Gasteiger partial charge is 0.314 e. The Morgan fingerprint density at radius 2 is 1.70 bits per heavy atom. The van der Waals surface area contributed by atoms with Gasteiger partial charge in [0.2, 0.25) is 5.91 Å². The summed E-state index contributed by atoms with van der Waals surface area (Å²) in [5.74, 6) is -1.72. The van der Waals surface area contributed by atoms with Crippen LogP contribution in [0.2, 0.25) is 0 Å². The van der Waals surface area contributed by atoms with Crippen LogP contribution in [0.1, 0.15) is 33.6 Å². The maximum Gasteiger partial charge on any atom is 0.314 e. The van der Waals surface area contributed by atoms with Crippen LogP contribution in [0.25, 0.3) is 0 Å². The zero-order chi connectivity index (χ0) is 15.5. The first-order valence-electron chi connectivity index (χ1n) is 6.89. The summed E-state index contributed by atoms with van der Waals surface area (Å²) in [6.45, 7) is 6.45. The highest BCUT2D eigenvalue weighted by molar-refractivity contribution is 5.78. The predicted octanol–water partition coefficient (Wildman–Crippen LogP) is 0.559. The summed E-state index contributed by atoms with van der Waals surface area (Å²) in [7, 11) is 0. The molecule has 116 valence electrons. The van der Waals surface area contributed by atoms with Gasteiger partial charge in [-0.3, -0.25) is 9.59 Å². The molecule has 0 saturated heterocycles. The third-order valence-electron chi connectivity index (χ3n) is 2.81. The molecule has 0 fully saturated rings. The summed E-state index contributed by atoms with van der Waals surface area (Å²) in [6.07, 6.45) is 1.07. The molecular formula is C13H25N3O4. The minimum atomic E-state index is -0.931. The van der Waals surface area contributed by atoms with Crippen LogP contribution < -0.4 is 16.0 Å². The summed E-state index contributed by atoms with van der Waals surface area (Å²) in [4.78, 5) is 33.6. The molecule has 1 unspecified atom stereocenters. The Bertz CT molecular complexity index is 332. The monoisotopic (exact) mass is 287 g/mol. The van der Waals surface area contributed by atoms with E-state index in [0.29, 0.717) is 6.54 Å². The second kappa shape index (κ2) is 10.1. The maximum atomic E-state index is 11.4. The van der Waals surface area contributed by atoms with E-state index in [9.17, 15) is 14.4 Å². The van der Waals surface area contributed by atoms with Gasteiger partial charge in [-0.2, -0.15) is 0 Å². The van der Waals surface area contributed by atoms with Crippen LogP contribution in [0, 0.1) is 11.8 Å². The van der Waals surface area contributed by atoms with Crippen molar-refractivity contribution < 1.29 is 19.5 Å². The number of carboxylic acid groups (broad SMARTS) is 1. The summed E-state index contributed by atoms with van der Waals surface area (Å²) in [5, 5.41) is 16.7. The molecule has 0 aliphatic rings. The molecule has 0 aromatic carbocycles. The first-order valence-corrected chi connectivity index (χ1v) is 6.89. The third-order valence-corrected chi connectivity index (χ3v) is 2.81.